The standard InChI is InChI=1S/C23H22/c1-16(2)18-13-9-14-20-19-12-7-8-15-21(19)23(3,22(18)20)17-10-5-4-6-11-17/h4-16H,1-3H3. The highest BCUT2D eigenvalue weighted by Crippen LogP contribution is 2.54. The van der Waals surface area contributed by atoms with E-state index in [4.69, 9.17) is 0 Å². The molecule has 0 spiro atoms. The second-order valence-corrected chi connectivity index (χ2v) is 6.96. The van der Waals surface area contributed by atoms with Crippen molar-refractivity contribution >= 4 is 0 Å². The Labute approximate surface area is 138 Å². The fraction of sp³-hybridized carbons (Fsp3) is 0.217. The highest BCUT2D eigenvalue weighted by Gasteiger charge is 2.42. The van der Waals surface area contributed by atoms with E-state index in [-0.39, 0.29) is 5.41 Å². The summed E-state index contributed by atoms with van der Waals surface area (Å²) in [5.41, 5.74) is 8.46. The maximum atomic E-state index is 2.39. The van der Waals surface area contributed by atoms with Gasteiger partial charge in [-0.05, 0) is 46.2 Å². The summed E-state index contributed by atoms with van der Waals surface area (Å²) in [7, 11) is 0. The first kappa shape index (κ1) is 14.3. The molecule has 0 heterocycles. The quantitative estimate of drug-likeness (QED) is 0.532. The summed E-state index contributed by atoms with van der Waals surface area (Å²) in [5.74, 6) is 0.516. The topological polar surface area (TPSA) is 0 Å². The molecule has 23 heavy (non-hydrogen) atoms. The van der Waals surface area contributed by atoms with Crippen LogP contribution < -0.4 is 0 Å². The van der Waals surface area contributed by atoms with Crippen LogP contribution in [0, 0.1) is 0 Å². The summed E-state index contributed by atoms with van der Waals surface area (Å²) in [5, 5.41) is 0. The minimum absolute atomic E-state index is 0.0753. The molecule has 1 aliphatic rings. The summed E-state index contributed by atoms with van der Waals surface area (Å²) < 4.78 is 0. The highest BCUT2D eigenvalue weighted by atomic mass is 14.4. The molecular formula is C23H22. The van der Waals surface area contributed by atoms with Gasteiger partial charge < -0.3 is 0 Å². The van der Waals surface area contributed by atoms with Gasteiger partial charge in [0, 0.05) is 5.41 Å². The minimum atomic E-state index is -0.0753. The zero-order valence-electron chi connectivity index (χ0n) is 14.0. The molecule has 0 saturated carbocycles. The SMILES string of the molecule is CC(C)c1cccc2c1C(C)(c1ccccc1)c1ccccc1-2. The number of fused-ring (bicyclic) bond motifs is 3. The average Bonchev–Trinajstić information content (AvgIpc) is 2.87. The third-order valence-electron chi connectivity index (χ3n) is 5.33. The van der Waals surface area contributed by atoms with Gasteiger partial charge in [0.1, 0.15) is 0 Å². The van der Waals surface area contributed by atoms with E-state index in [1.165, 1.54) is 33.4 Å². The van der Waals surface area contributed by atoms with Crippen LogP contribution in [0.1, 0.15) is 48.9 Å². The summed E-state index contributed by atoms with van der Waals surface area (Å²) >= 11 is 0. The number of benzene rings is 3. The van der Waals surface area contributed by atoms with Gasteiger partial charge in [-0.1, -0.05) is 86.6 Å². The fourth-order valence-electron chi connectivity index (χ4n) is 4.19. The smallest absolute Gasteiger partial charge is 0.0438 e. The third-order valence-corrected chi connectivity index (χ3v) is 5.33. The maximum Gasteiger partial charge on any atom is 0.0438 e. The van der Waals surface area contributed by atoms with Crippen LogP contribution in [0.15, 0.2) is 72.8 Å². The van der Waals surface area contributed by atoms with Crippen LogP contribution in [-0.2, 0) is 5.41 Å². The lowest BCUT2D eigenvalue weighted by Gasteiger charge is -2.31. The molecule has 4 rings (SSSR count). The Bertz CT molecular complexity index is 858. The molecule has 0 aromatic heterocycles. The first-order valence-corrected chi connectivity index (χ1v) is 8.43. The van der Waals surface area contributed by atoms with Crippen molar-refractivity contribution in [2.75, 3.05) is 0 Å². The van der Waals surface area contributed by atoms with E-state index < -0.39 is 0 Å². The number of hydrogen-bond acceptors (Lipinski definition) is 0. The van der Waals surface area contributed by atoms with Crippen molar-refractivity contribution in [3.63, 3.8) is 0 Å². The van der Waals surface area contributed by atoms with Crippen LogP contribution >= 0.6 is 0 Å². The van der Waals surface area contributed by atoms with E-state index in [0.29, 0.717) is 5.92 Å². The minimum Gasteiger partial charge on any atom is -0.0622 e. The Morgan fingerprint density at radius 2 is 1.35 bits per heavy atom. The van der Waals surface area contributed by atoms with E-state index in [1.54, 1.807) is 0 Å². The predicted molar refractivity (Wildman–Crippen MR) is 98.0 cm³/mol. The molecule has 0 bridgehead atoms. The predicted octanol–water partition coefficient (Wildman–Crippen LogP) is 6.14. The van der Waals surface area contributed by atoms with Crippen molar-refractivity contribution in [2.45, 2.75) is 32.1 Å². The average molecular weight is 298 g/mol. The van der Waals surface area contributed by atoms with Gasteiger partial charge in [0.05, 0.1) is 0 Å². The molecule has 1 atom stereocenters. The molecule has 114 valence electrons. The van der Waals surface area contributed by atoms with Crippen molar-refractivity contribution in [2.24, 2.45) is 0 Å². The third kappa shape index (κ3) is 1.91. The molecule has 0 amide bonds. The second kappa shape index (κ2) is 5.09. The largest absolute Gasteiger partial charge is 0.0622 e. The summed E-state index contributed by atoms with van der Waals surface area (Å²) in [6.45, 7) is 6.98. The number of rotatable bonds is 2. The molecule has 0 heteroatoms. The van der Waals surface area contributed by atoms with E-state index in [1.807, 2.05) is 0 Å². The van der Waals surface area contributed by atoms with Crippen molar-refractivity contribution in [1.82, 2.24) is 0 Å². The summed E-state index contributed by atoms with van der Waals surface area (Å²) in [6.07, 6.45) is 0. The van der Waals surface area contributed by atoms with Gasteiger partial charge in [0.2, 0.25) is 0 Å². The van der Waals surface area contributed by atoms with Crippen molar-refractivity contribution < 1.29 is 0 Å². The van der Waals surface area contributed by atoms with E-state index in [0.717, 1.165) is 0 Å². The van der Waals surface area contributed by atoms with Crippen LogP contribution in [-0.4, -0.2) is 0 Å². The molecule has 0 N–H and O–H groups in total. The molecule has 3 aromatic carbocycles. The van der Waals surface area contributed by atoms with Gasteiger partial charge in [-0.2, -0.15) is 0 Å². The monoisotopic (exact) mass is 298 g/mol. The van der Waals surface area contributed by atoms with Crippen LogP contribution in [0.2, 0.25) is 0 Å². The van der Waals surface area contributed by atoms with Crippen LogP contribution in [0.25, 0.3) is 11.1 Å². The molecule has 0 saturated heterocycles. The van der Waals surface area contributed by atoms with Crippen LogP contribution in [0.3, 0.4) is 0 Å². The first-order valence-electron chi connectivity index (χ1n) is 8.43. The molecule has 3 aromatic rings. The second-order valence-electron chi connectivity index (χ2n) is 6.96. The van der Waals surface area contributed by atoms with Gasteiger partial charge >= 0.3 is 0 Å². The Balaban J connectivity index is 2.12. The molecule has 0 aliphatic heterocycles. The highest BCUT2D eigenvalue weighted by molar-refractivity contribution is 5.84. The maximum absolute atomic E-state index is 2.39. The lowest BCUT2D eigenvalue weighted by Crippen LogP contribution is -2.24. The van der Waals surface area contributed by atoms with Crippen LogP contribution in [0.4, 0.5) is 0 Å². The van der Waals surface area contributed by atoms with Gasteiger partial charge in [0.15, 0.2) is 0 Å². The fourth-order valence-corrected chi connectivity index (χ4v) is 4.19. The first-order chi connectivity index (χ1) is 11.1. The number of hydrogen-bond donors (Lipinski definition) is 0. The van der Waals surface area contributed by atoms with Crippen molar-refractivity contribution in [3.05, 3.63) is 95.1 Å². The van der Waals surface area contributed by atoms with Gasteiger partial charge in [0.25, 0.3) is 0 Å². The lowest BCUT2D eigenvalue weighted by atomic mass is 9.71. The normalized spacial score (nSPS) is 18.8. The van der Waals surface area contributed by atoms with Crippen molar-refractivity contribution in [3.8, 4) is 11.1 Å². The van der Waals surface area contributed by atoms with Gasteiger partial charge in [-0.25, -0.2) is 0 Å². The molecular weight excluding hydrogens is 276 g/mol. The summed E-state index contributed by atoms with van der Waals surface area (Å²) in [6, 6.07) is 26.6. The Kier molecular flexibility index (Phi) is 3.16. The van der Waals surface area contributed by atoms with Gasteiger partial charge in [-0.3, -0.25) is 0 Å². The van der Waals surface area contributed by atoms with Crippen molar-refractivity contribution in [1.29, 1.82) is 0 Å². The molecule has 1 aliphatic carbocycles. The van der Waals surface area contributed by atoms with Crippen LogP contribution in [0.5, 0.6) is 0 Å². The molecule has 0 nitrogen and oxygen atoms in total. The Morgan fingerprint density at radius 1 is 0.696 bits per heavy atom. The van der Waals surface area contributed by atoms with E-state index in [2.05, 4.69) is 93.6 Å². The van der Waals surface area contributed by atoms with Gasteiger partial charge in [-0.15, -0.1) is 0 Å². The summed E-state index contributed by atoms with van der Waals surface area (Å²) in [4.78, 5) is 0. The Hall–Kier alpha value is -2.34. The zero-order valence-corrected chi connectivity index (χ0v) is 14.0. The molecule has 0 radical (unpaired) electrons. The molecule has 0 fully saturated rings. The lowest BCUT2D eigenvalue weighted by molar-refractivity contribution is 0.689. The van der Waals surface area contributed by atoms with E-state index in [9.17, 15) is 0 Å². The van der Waals surface area contributed by atoms with E-state index >= 15 is 0 Å². The Morgan fingerprint density at radius 3 is 2.09 bits per heavy atom. The molecule has 1 unspecified atom stereocenters. The zero-order chi connectivity index (χ0) is 16.0.